The fraction of sp³-hybridized carbons (Fsp3) is 0.438. The topological polar surface area (TPSA) is 101 Å². The molecule has 0 bridgehead atoms. The Morgan fingerprint density at radius 2 is 2.28 bits per heavy atom. The van der Waals surface area contributed by atoms with Crippen LogP contribution in [0.3, 0.4) is 0 Å². The Hall–Kier alpha value is -2.97. The van der Waals surface area contributed by atoms with E-state index in [0.29, 0.717) is 17.9 Å². The zero-order chi connectivity index (χ0) is 17.4. The Morgan fingerprint density at radius 3 is 3.12 bits per heavy atom. The number of hydrogen-bond donors (Lipinski definition) is 1. The van der Waals surface area contributed by atoms with Crippen molar-refractivity contribution in [1.82, 2.24) is 34.5 Å². The van der Waals surface area contributed by atoms with E-state index in [0.717, 1.165) is 31.5 Å². The lowest BCUT2D eigenvalue weighted by Gasteiger charge is -2.33. The zero-order valence-electron chi connectivity index (χ0n) is 13.9. The number of piperidine rings is 1. The van der Waals surface area contributed by atoms with Gasteiger partial charge in [0.2, 0.25) is 5.91 Å². The molecule has 3 aromatic heterocycles. The normalized spacial score (nSPS) is 18.0. The molecule has 1 amide bonds. The largest absolute Gasteiger partial charge is 0.334 e. The maximum Gasteiger partial charge on any atom is 0.272 e. The quantitative estimate of drug-likeness (QED) is 0.757. The van der Waals surface area contributed by atoms with Crippen LogP contribution in [-0.4, -0.2) is 46.9 Å². The number of carbonyl (C=O) groups is 1. The van der Waals surface area contributed by atoms with Crippen LogP contribution in [-0.2, 0) is 11.3 Å². The minimum Gasteiger partial charge on any atom is -0.334 e. The van der Waals surface area contributed by atoms with E-state index in [1.54, 1.807) is 23.9 Å². The lowest BCUT2D eigenvalue weighted by Crippen LogP contribution is -2.37. The summed E-state index contributed by atoms with van der Waals surface area (Å²) in [4.78, 5) is 30.2. The average Bonchev–Trinajstić information content (AvgIpc) is 3.24. The third kappa shape index (κ3) is 2.92. The predicted molar refractivity (Wildman–Crippen MR) is 88.9 cm³/mol. The van der Waals surface area contributed by atoms with Crippen LogP contribution in [0.25, 0.3) is 5.65 Å². The number of hydrogen-bond acceptors (Lipinski definition) is 5. The van der Waals surface area contributed by atoms with Crippen LogP contribution in [0.4, 0.5) is 0 Å². The Morgan fingerprint density at radius 1 is 1.40 bits per heavy atom. The molecule has 1 N–H and O–H groups in total. The van der Waals surface area contributed by atoms with Gasteiger partial charge < -0.3 is 4.90 Å². The van der Waals surface area contributed by atoms with Crippen LogP contribution in [0.1, 0.15) is 43.6 Å². The summed E-state index contributed by atoms with van der Waals surface area (Å²) in [7, 11) is 0. The predicted octanol–water partition coefficient (Wildman–Crippen LogP) is 0.736. The second kappa shape index (κ2) is 6.15. The van der Waals surface area contributed by atoms with Crippen molar-refractivity contribution in [1.29, 1.82) is 0 Å². The van der Waals surface area contributed by atoms with Crippen LogP contribution in [0.2, 0.25) is 0 Å². The molecule has 9 nitrogen and oxygen atoms in total. The van der Waals surface area contributed by atoms with Crippen molar-refractivity contribution in [2.45, 2.75) is 38.8 Å². The first-order valence-corrected chi connectivity index (χ1v) is 8.35. The molecule has 0 spiro atoms. The molecular weight excluding hydrogens is 322 g/mol. The molecule has 25 heavy (non-hydrogen) atoms. The van der Waals surface area contributed by atoms with E-state index in [1.165, 1.54) is 10.6 Å². The summed E-state index contributed by atoms with van der Waals surface area (Å²) in [6.45, 7) is 2.71. The van der Waals surface area contributed by atoms with Gasteiger partial charge in [0.1, 0.15) is 5.69 Å². The van der Waals surface area contributed by atoms with E-state index >= 15 is 0 Å². The van der Waals surface area contributed by atoms with Crippen LogP contribution < -0.4 is 5.56 Å². The molecule has 0 aliphatic carbocycles. The van der Waals surface area contributed by atoms with E-state index in [1.807, 2.05) is 11.1 Å². The molecule has 1 atom stereocenters. The zero-order valence-corrected chi connectivity index (χ0v) is 13.9. The third-order valence-electron chi connectivity index (χ3n) is 4.56. The van der Waals surface area contributed by atoms with Gasteiger partial charge in [0.05, 0.1) is 24.5 Å². The first-order chi connectivity index (χ1) is 12.1. The second-order valence-electron chi connectivity index (χ2n) is 6.31. The number of rotatable bonds is 3. The molecule has 1 fully saturated rings. The maximum atomic E-state index is 12.0. The van der Waals surface area contributed by atoms with Gasteiger partial charge >= 0.3 is 0 Å². The summed E-state index contributed by atoms with van der Waals surface area (Å²) in [6.07, 6.45) is 6.50. The number of likely N-dealkylation sites (tertiary alicyclic amines) is 1. The lowest BCUT2D eigenvalue weighted by molar-refractivity contribution is -0.132. The van der Waals surface area contributed by atoms with Gasteiger partial charge in [-0.15, -0.1) is 5.10 Å². The van der Waals surface area contributed by atoms with Gasteiger partial charge in [-0.1, -0.05) is 5.21 Å². The molecule has 130 valence electrons. The summed E-state index contributed by atoms with van der Waals surface area (Å²) in [5.74, 6) is 0.0619. The van der Waals surface area contributed by atoms with E-state index in [4.69, 9.17) is 0 Å². The molecule has 0 aromatic carbocycles. The van der Waals surface area contributed by atoms with Crippen molar-refractivity contribution in [2.24, 2.45) is 0 Å². The van der Waals surface area contributed by atoms with Crippen molar-refractivity contribution < 1.29 is 4.79 Å². The number of nitrogens with zero attached hydrogens (tertiary/aromatic N) is 6. The first-order valence-electron chi connectivity index (χ1n) is 8.35. The molecule has 1 aliphatic rings. The molecule has 4 heterocycles. The minimum absolute atomic E-state index is 0.0225. The van der Waals surface area contributed by atoms with Crippen molar-refractivity contribution in [3.8, 4) is 0 Å². The number of carbonyl (C=O) groups excluding carboxylic acids is 1. The van der Waals surface area contributed by atoms with Gasteiger partial charge in [-0.2, -0.15) is 0 Å². The van der Waals surface area contributed by atoms with Gasteiger partial charge in [0, 0.05) is 31.8 Å². The molecule has 3 aromatic rings. The molecular formula is C16H19N7O2. The number of fused-ring (bicyclic) bond motifs is 1. The van der Waals surface area contributed by atoms with Gasteiger partial charge in [-0.3, -0.25) is 14.7 Å². The van der Waals surface area contributed by atoms with E-state index < -0.39 is 0 Å². The fourth-order valence-corrected chi connectivity index (χ4v) is 3.38. The monoisotopic (exact) mass is 341 g/mol. The lowest BCUT2D eigenvalue weighted by atomic mass is 10.00. The number of nitrogens with one attached hydrogen (secondary N) is 1. The van der Waals surface area contributed by atoms with Crippen molar-refractivity contribution in [3.05, 3.63) is 46.3 Å². The molecule has 1 aliphatic heterocycles. The summed E-state index contributed by atoms with van der Waals surface area (Å²) < 4.78 is 3.04. The van der Waals surface area contributed by atoms with Gasteiger partial charge in [-0.25, -0.2) is 14.2 Å². The Balaban J connectivity index is 1.58. The van der Waals surface area contributed by atoms with Crippen molar-refractivity contribution in [2.75, 3.05) is 6.54 Å². The van der Waals surface area contributed by atoms with Crippen LogP contribution in [0.15, 0.2) is 29.3 Å². The Labute approximate surface area is 143 Å². The SMILES string of the molecule is CC(=O)N1CCCC[C@H]1c1cn(Cc2cc(=O)n3[nH]ccc3n2)nn1. The molecule has 1 saturated heterocycles. The Kier molecular flexibility index (Phi) is 3.83. The highest BCUT2D eigenvalue weighted by Crippen LogP contribution is 2.29. The smallest absolute Gasteiger partial charge is 0.272 e. The summed E-state index contributed by atoms with van der Waals surface area (Å²) >= 11 is 0. The van der Waals surface area contributed by atoms with E-state index in [9.17, 15) is 9.59 Å². The minimum atomic E-state index is -0.166. The third-order valence-corrected chi connectivity index (χ3v) is 4.56. The molecule has 0 saturated carbocycles. The number of H-pyrrole nitrogens is 1. The first kappa shape index (κ1) is 15.6. The number of aromatic nitrogens is 6. The summed E-state index contributed by atoms with van der Waals surface area (Å²) in [5, 5.41) is 11.2. The summed E-state index contributed by atoms with van der Waals surface area (Å²) in [5.41, 5.74) is 1.81. The highest BCUT2D eigenvalue weighted by molar-refractivity contribution is 5.73. The molecule has 0 radical (unpaired) electrons. The molecule has 4 rings (SSSR count). The molecule has 0 unspecified atom stereocenters. The van der Waals surface area contributed by atoms with Gasteiger partial charge in [0.25, 0.3) is 5.56 Å². The van der Waals surface area contributed by atoms with E-state index in [2.05, 4.69) is 20.4 Å². The van der Waals surface area contributed by atoms with E-state index in [-0.39, 0.29) is 17.5 Å². The number of aromatic amines is 1. The highest BCUT2D eigenvalue weighted by Gasteiger charge is 2.28. The standard InChI is InChI=1S/C16H19N7O2/c1-11(24)22-7-3-2-4-14(22)13-10-21(20-19-13)9-12-8-16(25)23-15(18-12)5-6-17-23/h5-6,8,10,14,17H,2-4,7,9H2,1H3/t14-/m0/s1. The summed E-state index contributed by atoms with van der Waals surface area (Å²) in [6, 6.07) is 3.20. The average molecular weight is 341 g/mol. The highest BCUT2D eigenvalue weighted by atomic mass is 16.2. The number of amides is 1. The van der Waals surface area contributed by atoms with Crippen molar-refractivity contribution >= 4 is 11.6 Å². The van der Waals surface area contributed by atoms with Crippen LogP contribution in [0.5, 0.6) is 0 Å². The fourth-order valence-electron chi connectivity index (χ4n) is 3.38. The maximum absolute atomic E-state index is 12.0. The Bertz CT molecular complexity index is 970. The molecule has 9 heteroatoms. The van der Waals surface area contributed by atoms with Gasteiger partial charge in [-0.05, 0) is 19.3 Å². The van der Waals surface area contributed by atoms with Crippen molar-refractivity contribution in [3.63, 3.8) is 0 Å². The second-order valence-corrected chi connectivity index (χ2v) is 6.31. The van der Waals surface area contributed by atoms with Gasteiger partial charge in [0.15, 0.2) is 5.65 Å². The van der Waals surface area contributed by atoms with Crippen LogP contribution >= 0.6 is 0 Å². The van der Waals surface area contributed by atoms with Crippen LogP contribution in [0, 0.1) is 0 Å².